The Labute approximate surface area is 181 Å². The van der Waals surface area contributed by atoms with Crippen molar-refractivity contribution in [2.24, 2.45) is 0 Å². The number of rotatable bonds is 9. The van der Waals surface area contributed by atoms with Crippen LogP contribution in [-0.4, -0.2) is 25.6 Å². The van der Waals surface area contributed by atoms with Gasteiger partial charge in [-0.05, 0) is 47.9 Å². The number of aryl methyl sites for hydroxylation is 1. The van der Waals surface area contributed by atoms with Crippen molar-refractivity contribution in [3.8, 4) is 11.5 Å². The highest BCUT2D eigenvalue weighted by Gasteiger charge is 2.14. The van der Waals surface area contributed by atoms with Crippen molar-refractivity contribution in [1.82, 2.24) is 0 Å². The summed E-state index contributed by atoms with van der Waals surface area (Å²) >= 11 is 0. The highest BCUT2D eigenvalue weighted by molar-refractivity contribution is 5.95. The zero-order valence-electron chi connectivity index (χ0n) is 17.6. The number of carbonyl (C=O) groups is 2. The number of methoxy groups -OCH3 is 1. The molecule has 0 unspecified atom stereocenters. The third-order valence-electron chi connectivity index (χ3n) is 4.62. The van der Waals surface area contributed by atoms with Gasteiger partial charge in [-0.3, -0.25) is 4.79 Å². The molecule has 6 heteroatoms. The Morgan fingerprint density at radius 2 is 1.61 bits per heavy atom. The fourth-order valence-electron chi connectivity index (χ4n) is 2.88. The van der Waals surface area contributed by atoms with Gasteiger partial charge in [0.05, 0.1) is 12.7 Å². The first-order chi connectivity index (χ1) is 15.1. The van der Waals surface area contributed by atoms with Crippen LogP contribution in [0.5, 0.6) is 11.5 Å². The van der Waals surface area contributed by atoms with Gasteiger partial charge in [0.25, 0.3) is 5.91 Å². The van der Waals surface area contributed by atoms with Gasteiger partial charge in [0.2, 0.25) is 0 Å². The summed E-state index contributed by atoms with van der Waals surface area (Å²) in [6.07, 6.45) is 0.922. The molecule has 0 aromatic heterocycles. The van der Waals surface area contributed by atoms with Crippen LogP contribution in [0.1, 0.15) is 28.4 Å². The van der Waals surface area contributed by atoms with E-state index < -0.39 is 11.9 Å². The zero-order valence-corrected chi connectivity index (χ0v) is 17.6. The molecule has 1 N–H and O–H groups in total. The lowest BCUT2D eigenvalue weighted by Crippen LogP contribution is -2.21. The Bertz CT molecular complexity index is 1020. The molecular weight excluding hydrogens is 394 g/mol. The molecule has 0 aliphatic rings. The van der Waals surface area contributed by atoms with Gasteiger partial charge in [-0.2, -0.15) is 0 Å². The smallest absolute Gasteiger partial charge is 0.338 e. The molecule has 0 saturated carbocycles. The van der Waals surface area contributed by atoms with Crippen LogP contribution in [0.4, 0.5) is 5.69 Å². The number of hydrogen-bond acceptors (Lipinski definition) is 5. The van der Waals surface area contributed by atoms with Gasteiger partial charge in [0.15, 0.2) is 18.1 Å². The van der Waals surface area contributed by atoms with E-state index in [1.165, 1.54) is 18.7 Å². The van der Waals surface area contributed by atoms with Gasteiger partial charge in [0, 0.05) is 5.69 Å². The molecule has 0 spiro atoms. The van der Waals surface area contributed by atoms with Crippen molar-refractivity contribution < 1.29 is 23.8 Å². The molecule has 3 rings (SSSR count). The molecule has 3 aromatic carbocycles. The lowest BCUT2D eigenvalue weighted by Gasteiger charge is -2.12. The van der Waals surface area contributed by atoms with Crippen molar-refractivity contribution in [3.05, 3.63) is 89.5 Å². The lowest BCUT2D eigenvalue weighted by atomic mass is 10.1. The standard InChI is InChI=1S/C25H25NO5/c1-3-18-9-12-21(13-10-18)26-24(27)17-31-25(28)20-11-14-22(23(15-20)29-2)30-16-19-7-5-4-6-8-19/h4-15H,3,16-17H2,1-2H3,(H,26,27). The largest absolute Gasteiger partial charge is 0.493 e. The second kappa shape index (κ2) is 10.8. The second-order valence-electron chi connectivity index (χ2n) is 6.81. The van der Waals surface area contributed by atoms with Crippen molar-refractivity contribution in [1.29, 1.82) is 0 Å². The SMILES string of the molecule is CCc1ccc(NC(=O)COC(=O)c2ccc(OCc3ccccc3)c(OC)c2)cc1. The summed E-state index contributed by atoms with van der Waals surface area (Å²) < 4.78 is 16.3. The Morgan fingerprint density at radius 3 is 2.29 bits per heavy atom. The number of benzene rings is 3. The average molecular weight is 419 g/mol. The van der Waals surface area contributed by atoms with E-state index in [0.717, 1.165) is 12.0 Å². The molecule has 0 bridgehead atoms. The monoisotopic (exact) mass is 419 g/mol. The summed E-state index contributed by atoms with van der Waals surface area (Å²) in [6.45, 7) is 2.05. The highest BCUT2D eigenvalue weighted by atomic mass is 16.5. The molecule has 0 aliphatic heterocycles. The Morgan fingerprint density at radius 1 is 0.871 bits per heavy atom. The third kappa shape index (κ3) is 6.34. The highest BCUT2D eigenvalue weighted by Crippen LogP contribution is 2.29. The van der Waals surface area contributed by atoms with Crippen LogP contribution in [-0.2, 0) is 22.6 Å². The van der Waals surface area contributed by atoms with Gasteiger partial charge in [-0.25, -0.2) is 4.79 Å². The van der Waals surface area contributed by atoms with Crippen LogP contribution in [0.3, 0.4) is 0 Å². The third-order valence-corrected chi connectivity index (χ3v) is 4.62. The summed E-state index contributed by atoms with van der Waals surface area (Å²) in [5, 5.41) is 2.70. The number of carbonyl (C=O) groups excluding carboxylic acids is 2. The van der Waals surface area contributed by atoms with Crippen molar-refractivity contribution in [3.63, 3.8) is 0 Å². The van der Waals surface area contributed by atoms with E-state index in [9.17, 15) is 9.59 Å². The fourth-order valence-corrected chi connectivity index (χ4v) is 2.88. The first-order valence-electron chi connectivity index (χ1n) is 9.99. The maximum Gasteiger partial charge on any atom is 0.338 e. The van der Waals surface area contributed by atoms with Gasteiger partial charge in [0.1, 0.15) is 6.61 Å². The summed E-state index contributed by atoms with van der Waals surface area (Å²) in [6, 6.07) is 22.0. The molecule has 31 heavy (non-hydrogen) atoms. The van der Waals surface area contributed by atoms with Gasteiger partial charge in [-0.15, -0.1) is 0 Å². The van der Waals surface area contributed by atoms with E-state index in [0.29, 0.717) is 23.8 Å². The zero-order chi connectivity index (χ0) is 22.1. The van der Waals surface area contributed by atoms with E-state index >= 15 is 0 Å². The first kappa shape index (κ1) is 21.9. The Kier molecular flexibility index (Phi) is 7.65. The summed E-state index contributed by atoms with van der Waals surface area (Å²) in [4.78, 5) is 24.4. The minimum absolute atomic E-state index is 0.268. The Hall–Kier alpha value is -3.80. The normalized spacial score (nSPS) is 10.3. The van der Waals surface area contributed by atoms with Crippen LogP contribution in [0.15, 0.2) is 72.8 Å². The Balaban J connectivity index is 1.54. The van der Waals surface area contributed by atoms with Crippen molar-refractivity contribution in [2.45, 2.75) is 20.0 Å². The van der Waals surface area contributed by atoms with Crippen LogP contribution in [0.2, 0.25) is 0 Å². The topological polar surface area (TPSA) is 73.9 Å². The van der Waals surface area contributed by atoms with E-state index in [2.05, 4.69) is 12.2 Å². The summed E-state index contributed by atoms with van der Waals surface area (Å²) in [5.74, 6) is -0.112. The molecule has 3 aromatic rings. The van der Waals surface area contributed by atoms with Gasteiger partial charge in [-0.1, -0.05) is 49.4 Å². The number of ether oxygens (including phenoxy) is 3. The molecule has 6 nitrogen and oxygen atoms in total. The van der Waals surface area contributed by atoms with Gasteiger partial charge < -0.3 is 19.5 Å². The molecule has 0 fully saturated rings. The van der Waals surface area contributed by atoms with Crippen LogP contribution >= 0.6 is 0 Å². The number of esters is 1. The fraction of sp³-hybridized carbons (Fsp3) is 0.200. The molecule has 1 amide bonds. The van der Waals surface area contributed by atoms with Crippen LogP contribution in [0, 0.1) is 0 Å². The minimum atomic E-state index is -0.621. The quantitative estimate of drug-likeness (QED) is 0.512. The van der Waals surface area contributed by atoms with Crippen LogP contribution in [0.25, 0.3) is 0 Å². The van der Waals surface area contributed by atoms with E-state index in [-0.39, 0.29) is 12.2 Å². The predicted molar refractivity (Wildman–Crippen MR) is 119 cm³/mol. The van der Waals surface area contributed by atoms with E-state index in [1.54, 1.807) is 12.1 Å². The number of amides is 1. The molecule has 0 saturated heterocycles. The van der Waals surface area contributed by atoms with E-state index in [4.69, 9.17) is 14.2 Å². The molecule has 0 heterocycles. The lowest BCUT2D eigenvalue weighted by molar-refractivity contribution is -0.119. The summed E-state index contributed by atoms with van der Waals surface area (Å²) in [7, 11) is 1.50. The molecular formula is C25H25NO5. The second-order valence-corrected chi connectivity index (χ2v) is 6.81. The minimum Gasteiger partial charge on any atom is -0.493 e. The van der Waals surface area contributed by atoms with Crippen LogP contribution < -0.4 is 14.8 Å². The molecule has 0 radical (unpaired) electrons. The van der Waals surface area contributed by atoms with Crippen molar-refractivity contribution >= 4 is 17.6 Å². The first-order valence-corrected chi connectivity index (χ1v) is 9.99. The van der Waals surface area contributed by atoms with E-state index in [1.807, 2.05) is 54.6 Å². The summed E-state index contributed by atoms with van der Waals surface area (Å²) in [5.41, 5.74) is 3.11. The maximum atomic E-state index is 12.3. The van der Waals surface area contributed by atoms with Crippen molar-refractivity contribution in [2.75, 3.05) is 19.0 Å². The average Bonchev–Trinajstić information content (AvgIpc) is 2.82. The number of nitrogens with one attached hydrogen (secondary N) is 1. The molecule has 0 atom stereocenters. The predicted octanol–water partition coefficient (Wildman–Crippen LogP) is 4.63. The maximum absolute atomic E-state index is 12.3. The number of hydrogen-bond donors (Lipinski definition) is 1. The number of anilines is 1. The van der Waals surface area contributed by atoms with Gasteiger partial charge >= 0.3 is 5.97 Å². The molecule has 160 valence electrons. The molecule has 0 aliphatic carbocycles.